The van der Waals surface area contributed by atoms with E-state index in [1.54, 1.807) is 42.5 Å². The van der Waals surface area contributed by atoms with Crippen LogP contribution in [-0.4, -0.2) is 24.4 Å². The second-order valence-corrected chi connectivity index (χ2v) is 7.34. The summed E-state index contributed by atoms with van der Waals surface area (Å²) in [5.41, 5.74) is 1.63. The maximum atomic E-state index is 13.6. The molecule has 5 heteroatoms. The number of hydrogen-bond donors (Lipinski definition) is 2. The van der Waals surface area contributed by atoms with Crippen molar-refractivity contribution in [3.63, 3.8) is 0 Å². The number of benzene rings is 2. The molecule has 2 aromatic carbocycles. The molecule has 1 aliphatic carbocycles. The van der Waals surface area contributed by atoms with Gasteiger partial charge in [-0.1, -0.05) is 43.9 Å². The highest BCUT2D eigenvalue weighted by Gasteiger charge is 2.16. The monoisotopic (exact) mass is 382 g/mol. The Morgan fingerprint density at radius 3 is 2.11 bits per heavy atom. The Labute approximate surface area is 165 Å². The molecule has 1 aliphatic rings. The number of carbonyl (C=O) groups excluding carboxylic acids is 2. The molecular formula is C23H27FN2O2. The minimum atomic E-state index is -0.263. The Bertz CT molecular complexity index is 797. The number of halogens is 1. The van der Waals surface area contributed by atoms with E-state index in [0.29, 0.717) is 29.7 Å². The van der Waals surface area contributed by atoms with Gasteiger partial charge < -0.3 is 10.6 Å². The molecule has 0 aliphatic heterocycles. The van der Waals surface area contributed by atoms with Gasteiger partial charge >= 0.3 is 0 Å². The lowest BCUT2D eigenvalue weighted by molar-refractivity contribution is 0.0928. The third-order valence-electron chi connectivity index (χ3n) is 5.24. The molecule has 3 rings (SSSR count). The normalized spacial score (nSPS) is 14.9. The second-order valence-electron chi connectivity index (χ2n) is 7.34. The molecule has 0 heterocycles. The van der Waals surface area contributed by atoms with E-state index >= 15 is 0 Å². The quantitative estimate of drug-likeness (QED) is 0.734. The van der Waals surface area contributed by atoms with Crippen LogP contribution in [0.15, 0.2) is 48.5 Å². The zero-order valence-electron chi connectivity index (χ0n) is 16.0. The van der Waals surface area contributed by atoms with Crippen LogP contribution in [0.25, 0.3) is 0 Å². The van der Waals surface area contributed by atoms with Crippen molar-refractivity contribution in [2.45, 2.75) is 51.0 Å². The minimum Gasteiger partial charge on any atom is -0.352 e. The summed E-state index contributed by atoms with van der Waals surface area (Å²) in [6.45, 7) is 0.351. The molecule has 0 bridgehead atoms. The predicted molar refractivity (Wildman–Crippen MR) is 108 cm³/mol. The summed E-state index contributed by atoms with van der Waals surface area (Å²) >= 11 is 0. The molecule has 148 valence electrons. The van der Waals surface area contributed by atoms with Crippen LogP contribution in [-0.2, 0) is 6.42 Å². The second kappa shape index (κ2) is 10.0. The summed E-state index contributed by atoms with van der Waals surface area (Å²) in [5, 5.41) is 5.90. The Balaban J connectivity index is 1.49. The van der Waals surface area contributed by atoms with Crippen molar-refractivity contribution in [3.05, 3.63) is 71.0 Å². The van der Waals surface area contributed by atoms with Gasteiger partial charge in [-0.2, -0.15) is 0 Å². The third-order valence-corrected chi connectivity index (χ3v) is 5.24. The maximum absolute atomic E-state index is 13.6. The molecule has 4 nitrogen and oxygen atoms in total. The smallest absolute Gasteiger partial charge is 0.251 e. The lowest BCUT2D eigenvalue weighted by Gasteiger charge is -2.16. The first kappa shape index (κ1) is 20.1. The summed E-state index contributed by atoms with van der Waals surface area (Å²) in [6, 6.07) is 13.5. The number of hydrogen-bond acceptors (Lipinski definition) is 2. The van der Waals surface area contributed by atoms with Crippen molar-refractivity contribution in [2.75, 3.05) is 6.54 Å². The van der Waals surface area contributed by atoms with Crippen molar-refractivity contribution >= 4 is 11.8 Å². The van der Waals surface area contributed by atoms with Gasteiger partial charge in [0.1, 0.15) is 5.82 Å². The SMILES string of the molecule is O=C(NCCc1ccccc1F)c1ccc(C(=O)NC2CCCCCC2)cc1. The van der Waals surface area contributed by atoms with Crippen molar-refractivity contribution < 1.29 is 14.0 Å². The number of rotatable bonds is 6. The van der Waals surface area contributed by atoms with Crippen LogP contribution in [0.3, 0.4) is 0 Å². The van der Waals surface area contributed by atoms with Crippen molar-refractivity contribution in [3.8, 4) is 0 Å². The molecular weight excluding hydrogens is 355 g/mol. The fourth-order valence-corrected chi connectivity index (χ4v) is 3.58. The molecule has 0 unspecified atom stereocenters. The van der Waals surface area contributed by atoms with E-state index in [0.717, 1.165) is 25.7 Å². The van der Waals surface area contributed by atoms with E-state index in [2.05, 4.69) is 10.6 Å². The minimum absolute atomic E-state index is 0.0848. The average Bonchev–Trinajstić information content (AvgIpc) is 2.98. The molecule has 28 heavy (non-hydrogen) atoms. The molecule has 0 saturated heterocycles. The van der Waals surface area contributed by atoms with Gasteiger partial charge in [-0.15, -0.1) is 0 Å². The highest BCUT2D eigenvalue weighted by molar-refractivity contribution is 5.97. The summed E-state index contributed by atoms with van der Waals surface area (Å²) in [5.74, 6) is -0.578. The Morgan fingerprint density at radius 1 is 0.857 bits per heavy atom. The summed E-state index contributed by atoms with van der Waals surface area (Å²) in [6.07, 6.45) is 7.32. The molecule has 1 saturated carbocycles. The van der Waals surface area contributed by atoms with Crippen LogP contribution < -0.4 is 10.6 Å². The van der Waals surface area contributed by atoms with Gasteiger partial charge in [0.2, 0.25) is 0 Å². The van der Waals surface area contributed by atoms with Gasteiger partial charge in [0.15, 0.2) is 0 Å². The fourth-order valence-electron chi connectivity index (χ4n) is 3.58. The molecule has 0 aromatic heterocycles. The van der Waals surface area contributed by atoms with Gasteiger partial charge in [-0.25, -0.2) is 4.39 Å². The first-order valence-electron chi connectivity index (χ1n) is 10.1. The maximum Gasteiger partial charge on any atom is 0.251 e. The van der Waals surface area contributed by atoms with Crippen LogP contribution in [0.4, 0.5) is 4.39 Å². The molecule has 0 spiro atoms. The molecule has 0 radical (unpaired) electrons. The Hall–Kier alpha value is -2.69. The lowest BCUT2D eigenvalue weighted by atomic mass is 10.1. The Morgan fingerprint density at radius 2 is 1.46 bits per heavy atom. The van der Waals surface area contributed by atoms with E-state index in [1.165, 1.54) is 18.9 Å². The average molecular weight is 382 g/mol. The number of nitrogens with one attached hydrogen (secondary N) is 2. The van der Waals surface area contributed by atoms with E-state index in [1.807, 2.05) is 0 Å². The lowest BCUT2D eigenvalue weighted by Crippen LogP contribution is -2.34. The van der Waals surface area contributed by atoms with Gasteiger partial charge in [0.05, 0.1) is 0 Å². The van der Waals surface area contributed by atoms with E-state index < -0.39 is 0 Å². The van der Waals surface area contributed by atoms with Gasteiger partial charge in [0.25, 0.3) is 11.8 Å². The third kappa shape index (κ3) is 5.65. The zero-order valence-corrected chi connectivity index (χ0v) is 16.0. The summed E-state index contributed by atoms with van der Waals surface area (Å²) < 4.78 is 13.6. The molecule has 2 aromatic rings. The number of amides is 2. The van der Waals surface area contributed by atoms with Crippen molar-refractivity contribution in [1.82, 2.24) is 10.6 Å². The zero-order chi connectivity index (χ0) is 19.8. The van der Waals surface area contributed by atoms with Crippen LogP contribution in [0.1, 0.15) is 64.8 Å². The fraction of sp³-hybridized carbons (Fsp3) is 0.391. The topological polar surface area (TPSA) is 58.2 Å². The van der Waals surface area contributed by atoms with Gasteiger partial charge in [-0.3, -0.25) is 9.59 Å². The van der Waals surface area contributed by atoms with Crippen LogP contribution in [0.5, 0.6) is 0 Å². The summed E-state index contributed by atoms with van der Waals surface area (Å²) in [7, 11) is 0. The number of carbonyl (C=O) groups is 2. The van der Waals surface area contributed by atoms with Gasteiger partial charge in [0, 0.05) is 23.7 Å². The van der Waals surface area contributed by atoms with Crippen molar-refractivity contribution in [2.24, 2.45) is 0 Å². The van der Waals surface area contributed by atoms with Crippen molar-refractivity contribution in [1.29, 1.82) is 0 Å². The van der Waals surface area contributed by atoms with E-state index in [4.69, 9.17) is 0 Å². The largest absolute Gasteiger partial charge is 0.352 e. The van der Waals surface area contributed by atoms with Crippen LogP contribution in [0.2, 0.25) is 0 Å². The highest BCUT2D eigenvalue weighted by Crippen LogP contribution is 2.17. The van der Waals surface area contributed by atoms with Crippen LogP contribution >= 0.6 is 0 Å². The molecule has 1 fully saturated rings. The first-order chi connectivity index (χ1) is 13.6. The molecule has 2 amide bonds. The predicted octanol–water partition coefficient (Wildman–Crippen LogP) is 4.25. The standard InChI is InChI=1S/C23H27FN2O2/c24-21-10-6-5-7-17(21)15-16-25-22(27)18-11-13-19(14-12-18)23(28)26-20-8-3-1-2-4-9-20/h5-7,10-14,20H,1-4,8-9,15-16H2,(H,25,27)(H,26,28). The van der Waals surface area contributed by atoms with Crippen LogP contribution in [0, 0.1) is 5.82 Å². The Kier molecular flexibility index (Phi) is 7.18. The van der Waals surface area contributed by atoms with E-state index in [9.17, 15) is 14.0 Å². The first-order valence-corrected chi connectivity index (χ1v) is 10.1. The molecule has 0 atom stereocenters. The summed E-state index contributed by atoms with van der Waals surface area (Å²) in [4.78, 5) is 24.7. The molecule has 2 N–H and O–H groups in total. The van der Waals surface area contributed by atoms with E-state index in [-0.39, 0.29) is 23.7 Å². The highest BCUT2D eigenvalue weighted by atomic mass is 19.1. The van der Waals surface area contributed by atoms with Gasteiger partial charge in [-0.05, 0) is 55.2 Å².